The molecule has 2 unspecified atom stereocenters. The van der Waals surface area contributed by atoms with E-state index in [0.717, 1.165) is 19.4 Å². The fourth-order valence-electron chi connectivity index (χ4n) is 2.60. The molecule has 1 aliphatic rings. The summed E-state index contributed by atoms with van der Waals surface area (Å²) >= 11 is 0. The summed E-state index contributed by atoms with van der Waals surface area (Å²) in [5.41, 5.74) is -0.647. The first kappa shape index (κ1) is 17.4. The zero-order valence-corrected chi connectivity index (χ0v) is 13.8. The number of hydrogen-bond donors (Lipinski definition) is 1. The Balaban J connectivity index is 2.61. The summed E-state index contributed by atoms with van der Waals surface area (Å²) in [6, 6.07) is 0.243. The maximum absolute atomic E-state index is 12.3. The first-order valence-electron chi connectivity index (χ1n) is 7.31. The highest BCUT2D eigenvalue weighted by molar-refractivity contribution is 7.92. The minimum absolute atomic E-state index is 0.243. The summed E-state index contributed by atoms with van der Waals surface area (Å²) in [4.78, 5) is 11.7. The molecule has 0 spiro atoms. The van der Waals surface area contributed by atoms with Crippen molar-refractivity contribution in [1.29, 1.82) is 0 Å². The van der Waals surface area contributed by atoms with E-state index >= 15 is 0 Å². The Morgan fingerprint density at radius 3 is 2.50 bits per heavy atom. The predicted octanol–water partition coefficient (Wildman–Crippen LogP) is 1.66. The van der Waals surface area contributed by atoms with Gasteiger partial charge in [-0.25, -0.2) is 8.42 Å². The van der Waals surface area contributed by atoms with Gasteiger partial charge in [0.1, 0.15) is 11.4 Å². The van der Waals surface area contributed by atoms with Crippen LogP contribution in [0.3, 0.4) is 0 Å². The molecule has 0 aliphatic heterocycles. The number of rotatable bonds is 5. The van der Waals surface area contributed by atoms with Gasteiger partial charge in [0.2, 0.25) is 0 Å². The Hall–Kier alpha value is -0.620. The molecule has 1 rings (SSSR count). The lowest BCUT2D eigenvalue weighted by molar-refractivity contribution is -0.151. The van der Waals surface area contributed by atoms with Crippen molar-refractivity contribution in [2.75, 3.05) is 12.3 Å². The van der Waals surface area contributed by atoms with Crippen molar-refractivity contribution >= 4 is 15.8 Å². The number of esters is 1. The van der Waals surface area contributed by atoms with Gasteiger partial charge in [0, 0.05) is 6.04 Å². The standard InChI is InChI=1S/C14H27NO4S/c1-5-15-11-7-6-8-12(9-11)20(17,18)10-13(16)19-14(2,3)4/h11-12,15H,5-10H2,1-4H3. The average molecular weight is 305 g/mol. The Labute approximate surface area is 122 Å². The summed E-state index contributed by atoms with van der Waals surface area (Å²) in [5.74, 6) is -1.16. The van der Waals surface area contributed by atoms with Crippen LogP contribution >= 0.6 is 0 Å². The highest BCUT2D eigenvalue weighted by Gasteiger charge is 2.34. The van der Waals surface area contributed by atoms with E-state index in [1.807, 2.05) is 6.92 Å². The van der Waals surface area contributed by atoms with E-state index in [0.29, 0.717) is 12.8 Å². The first-order valence-corrected chi connectivity index (χ1v) is 9.02. The molecule has 0 radical (unpaired) electrons. The third-order valence-electron chi connectivity index (χ3n) is 3.37. The van der Waals surface area contributed by atoms with Gasteiger partial charge in [-0.15, -0.1) is 0 Å². The van der Waals surface area contributed by atoms with Crippen LogP contribution in [0.2, 0.25) is 0 Å². The van der Waals surface area contributed by atoms with E-state index in [4.69, 9.17) is 4.74 Å². The molecule has 1 saturated carbocycles. The van der Waals surface area contributed by atoms with Crippen molar-refractivity contribution in [2.45, 2.75) is 70.3 Å². The molecule has 0 aromatic heterocycles. The van der Waals surface area contributed by atoms with E-state index in [1.165, 1.54) is 0 Å². The van der Waals surface area contributed by atoms with E-state index < -0.39 is 32.4 Å². The van der Waals surface area contributed by atoms with Gasteiger partial charge in [0.25, 0.3) is 0 Å². The smallest absolute Gasteiger partial charge is 0.321 e. The van der Waals surface area contributed by atoms with Gasteiger partial charge in [0.05, 0.1) is 5.25 Å². The fraction of sp³-hybridized carbons (Fsp3) is 0.929. The number of carbonyl (C=O) groups is 1. The molecule has 5 nitrogen and oxygen atoms in total. The molecule has 0 aromatic rings. The molecule has 0 amide bonds. The van der Waals surface area contributed by atoms with Gasteiger partial charge in [-0.05, 0) is 46.6 Å². The molecule has 0 heterocycles. The van der Waals surface area contributed by atoms with Crippen molar-refractivity contribution in [1.82, 2.24) is 5.32 Å². The third-order valence-corrected chi connectivity index (χ3v) is 5.45. The monoisotopic (exact) mass is 305 g/mol. The second-order valence-electron chi connectivity index (χ2n) is 6.44. The lowest BCUT2D eigenvalue weighted by atomic mass is 9.95. The molecule has 1 N–H and O–H groups in total. The van der Waals surface area contributed by atoms with E-state index in [-0.39, 0.29) is 6.04 Å². The molecule has 0 bridgehead atoms. The van der Waals surface area contributed by atoms with Crippen LogP contribution in [0.1, 0.15) is 53.4 Å². The number of nitrogens with one attached hydrogen (secondary N) is 1. The Morgan fingerprint density at radius 2 is 1.95 bits per heavy atom. The predicted molar refractivity (Wildman–Crippen MR) is 79.4 cm³/mol. The number of sulfone groups is 1. The summed E-state index contributed by atoms with van der Waals surface area (Å²) < 4.78 is 29.7. The molecule has 1 fully saturated rings. The molecule has 6 heteroatoms. The maximum Gasteiger partial charge on any atom is 0.321 e. The topological polar surface area (TPSA) is 72.5 Å². The van der Waals surface area contributed by atoms with E-state index in [1.54, 1.807) is 20.8 Å². The maximum atomic E-state index is 12.3. The molecule has 20 heavy (non-hydrogen) atoms. The van der Waals surface area contributed by atoms with E-state index in [2.05, 4.69) is 5.32 Å². The molecule has 0 aromatic carbocycles. The van der Waals surface area contributed by atoms with Crippen LogP contribution in [0.15, 0.2) is 0 Å². The van der Waals surface area contributed by atoms with Crippen molar-refractivity contribution in [2.24, 2.45) is 0 Å². The lowest BCUT2D eigenvalue weighted by Crippen LogP contribution is -2.41. The van der Waals surface area contributed by atoms with Crippen molar-refractivity contribution in [3.05, 3.63) is 0 Å². The molecule has 1 aliphatic carbocycles. The zero-order valence-electron chi connectivity index (χ0n) is 12.9. The summed E-state index contributed by atoms with van der Waals surface area (Å²) in [6.07, 6.45) is 3.13. The van der Waals surface area contributed by atoms with Gasteiger partial charge >= 0.3 is 5.97 Å². The summed E-state index contributed by atoms with van der Waals surface area (Å²) in [7, 11) is -3.42. The van der Waals surface area contributed by atoms with Gasteiger partial charge < -0.3 is 10.1 Å². The highest BCUT2D eigenvalue weighted by Crippen LogP contribution is 2.25. The summed E-state index contributed by atoms with van der Waals surface area (Å²) in [5, 5.41) is 2.87. The number of hydrogen-bond acceptors (Lipinski definition) is 5. The van der Waals surface area contributed by atoms with Crippen LogP contribution in [0.5, 0.6) is 0 Å². The lowest BCUT2D eigenvalue weighted by Gasteiger charge is -2.29. The fourth-order valence-corrected chi connectivity index (χ4v) is 4.27. The number of carbonyl (C=O) groups excluding carboxylic acids is 1. The molecule has 118 valence electrons. The molecular weight excluding hydrogens is 278 g/mol. The van der Waals surface area contributed by atoms with Crippen LogP contribution < -0.4 is 5.32 Å². The van der Waals surface area contributed by atoms with Crippen LogP contribution in [0, 0.1) is 0 Å². The molecule has 2 atom stereocenters. The minimum atomic E-state index is -3.42. The van der Waals surface area contributed by atoms with Crippen LogP contribution in [0.4, 0.5) is 0 Å². The van der Waals surface area contributed by atoms with Crippen LogP contribution in [0.25, 0.3) is 0 Å². The van der Waals surface area contributed by atoms with Gasteiger partial charge in [-0.1, -0.05) is 13.3 Å². The van der Waals surface area contributed by atoms with Gasteiger partial charge in [0.15, 0.2) is 9.84 Å². The Morgan fingerprint density at radius 1 is 1.30 bits per heavy atom. The SMILES string of the molecule is CCNC1CCCC(S(=O)(=O)CC(=O)OC(C)(C)C)C1. The number of ether oxygens (including phenoxy) is 1. The minimum Gasteiger partial charge on any atom is -0.459 e. The van der Waals surface area contributed by atoms with Crippen molar-refractivity contribution in [3.63, 3.8) is 0 Å². The summed E-state index contributed by atoms with van der Waals surface area (Å²) in [6.45, 7) is 8.06. The van der Waals surface area contributed by atoms with Crippen LogP contribution in [-0.2, 0) is 19.4 Å². The first-order chi connectivity index (χ1) is 9.14. The van der Waals surface area contributed by atoms with Crippen LogP contribution in [-0.4, -0.2) is 43.6 Å². The molecular formula is C14H27NO4S. The second kappa shape index (κ2) is 6.89. The largest absolute Gasteiger partial charge is 0.459 e. The highest BCUT2D eigenvalue weighted by atomic mass is 32.2. The van der Waals surface area contributed by atoms with Crippen molar-refractivity contribution < 1.29 is 17.9 Å². The van der Waals surface area contributed by atoms with Gasteiger partial charge in [-0.2, -0.15) is 0 Å². The Kier molecular flexibility index (Phi) is 6.01. The quantitative estimate of drug-likeness (QED) is 0.782. The molecule has 0 saturated heterocycles. The van der Waals surface area contributed by atoms with E-state index in [9.17, 15) is 13.2 Å². The van der Waals surface area contributed by atoms with Gasteiger partial charge in [-0.3, -0.25) is 4.79 Å². The second-order valence-corrected chi connectivity index (χ2v) is 8.72. The van der Waals surface area contributed by atoms with Crippen molar-refractivity contribution in [3.8, 4) is 0 Å². The Bertz CT molecular complexity index is 423. The average Bonchev–Trinajstić information content (AvgIpc) is 2.26. The third kappa shape index (κ3) is 5.79. The zero-order chi connectivity index (χ0) is 15.4. The normalized spacial score (nSPS) is 24.4.